The molecule has 0 spiro atoms. The van der Waals surface area contributed by atoms with Crippen LogP contribution in [0.25, 0.3) is 10.9 Å². The molecule has 1 aromatic heterocycles. The van der Waals surface area contributed by atoms with Crippen molar-refractivity contribution in [2.45, 2.75) is 39.3 Å². The SMILES string of the molecule is CCOc1cc(OCC2COCCN2C(=O)OC(C)(C)C)c2c(=O)[nH]cnc2c1. The quantitative estimate of drug-likeness (QED) is 0.814. The molecule has 1 amide bonds. The van der Waals surface area contributed by atoms with Gasteiger partial charge in [-0.15, -0.1) is 0 Å². The fourth-order valence-corrected chi connectivity index (χ4v) is 3.04. The molecular weight excluding hydrogens is 378 g/mol. The van der Waals surface area contributed by atoms with Gasteiger partial charge in [0.2, 0.25) is 0 Å². The van der Waals surface area contributed by atoms with Gasteiger partial charge in [0.25, 0.3) is 5.56 Å². The maximum absolute atomic E-state index is 12.5. The number of carbonyl (C=O) groups is 1. The average molecular weight is 405 g/mol. The highest BCUT2D eigenvalue weighted by molar-refractivity contribution is 5.85. The lowest BCUT2D eigenvalue weighted by atomic mass is 10.2. The zero-order valence-electron chi connectivity index (χ0n) is 17.2. The summed E-state index contributed by atoms with van der Waals surface area (Å²) >= 11 is 0. The number of aromatic nitrogens is 2. The Labute approximate surface area is 168 Å². The van der Waals surface area contributed by atoms with E-state index in [2.05, 4.69) is 9.97 Å². The predicted octanol–water partition coefficient (Wildman–Crippen LogP) is 2.34. The van der Waals surface area contributed by atoms with E-state index in [9.17, 15) is 9.59 Å². The first kappa shape index (κ1) is 20.9. The van der Waals surface area contributed by atoms with Crippen molar-refractivity contribution in [3.8, 4) is 11.5 Å². The van der Waals surface area contributed by atoms with E-state index in [1.54, 1.807) is 17.0 Å². The lowest BCUT2D eigenvalue weighted by Gasteiger charge is -2.36. The molecular formula is C20H27N3O6. The number of nitrogens with one attached hydrogen (secondary N) is 1. The summed E-state index contributed by atoms with van der Waals surface area (Å²) in [5, 5.41) is 0.330. The lowest BCUT2D eigenvalue weighted by Crippen LogP contribution is -2.52. The van der Waals surface area contributed by atoms with Gasteiger partial charge >= 0.3 is 6.09 Å². The van der Waals surface area contributed by atoms with Crippen LogP contribution in [0.2, 0.25) is 0 Å². The Morgan fingerprint density at radius 1 is 1.34 bits per heavy atom. The van der Waals surface area contributed by atoms with Crippen molar-refractivity contribution in [1.82, 2.24) is 14.9 Å². The summed E-state index contributed by atoms with van der Waals surface area (Å²) in [7, 11) is 0. The second kappa shape index (κ2) is 8.69. The number of morpholine rings is 1. The van der Waals surface area contributed by atoms with Crippen LogP contribution >= 0.6 is 0 Å². The summed E-state index contributed by atoms with van der Waals surface area (Å²) < 4.78 is 22.5. The molecule has 1 N–H and O–H groups in total. The van der Waals surface area contributed by atoms with Crippen molar-refractivity contribution in [1.29, 1.82) is 0 Å². The third-order valence-corrected chi connectivity index (χ3v) is 4.28. The number of hydrogen-bond acceptors (Lipinski definition) is 7. The van der Waals surface area contributed by atoms with Crippen LogP contribution in [0, 0.1) is 0 Å². The first-order valence-electron chi connectivity index (χ1n) is 9.63. The molecule has 9 heteroatoms. The predicted molar refractivity (Wildman–Crippen MR) is 107 cm³/mol. The second-order valence-electron chi connectivity index (χ2n) is 7.69. The molecule has 1 aliphatic rings. The van der Waals surface area contributed by atoms with E-state index < -0.39 is 11.7 Å². The van der Waals surface area contributed by atoms with E-state index in [0.717, 1.165) is 0 Å². The summed E-state index contributed by atoms with van der Waals surface area (Å²) in [6, 6.07) is 3.00. The average Bonchev–Trinajstić information content (AvgIpc) is 2.65. The van der Waals surface area contributed by atoms with E-state index in [1.165, 1.54) is 6.33 Å². The van der Waals surface area contributed by atoms with Gasteiger partial charge in [-0.05, 0) is 27.7 Å². The third kappa shape index (κ3) is 5.17. The van der Waals surface area contributed by atoms with Gasteiger partial charge in [-0.1, -0.05) is 0 Å². The number of H-pyrrole nitrogens is 1. The molecule has 1 aliphatic heterocycles. The second-order valence-corrected chi connectivity index (χ2v) is 7.69. The fourth-order valence-electron chi connectivity index (χ4n) is 3.04. The molecule has 1 atom stereocenters. The number of fused-ring (bicyclic) bond motifs is 1. The van der Waals surface area contributed by atoms with Crippen molar-refractivity contribution in [2.75, 3.05) is 33.0 Å². The van der Waals surface area contributed by atoms with Gasteiger partial charge in [0, 0.05) is 18.7 Å². The van der Waals surface area contributed by atoms with Crippen molar-refractivity contribution in [3.05, 3.63) is 28.8 Å². The summed E-state index contributed by atoms with van der Waals surface area (Å²) in [6.45, 7) is 9.09. The molecule has 0 radical (unpaired) electrons. The monoisotopic (exact) mass is 405 g/mol. The normalized spacial score (nSPS) is 17.2. The smallest absolute Gasteiger partial charge is 0.410 e. The van der Waals surface area contributed by atoms with Crippen LogP contribution in [0.4, 0.5) is 4.79 Å². The van der Waals surface area contributed by atoms with E-state index in [-0.39, 0.29) is 18.2 Å². The topological polar surface area (TPSA) is 103 Å². The van der Waals surface area contributed by atoms with Gasteiger partial charge in [-0.25, -0.2) is 9.78 Å². The van der Waals surface area contributed by atoms with E-state index in [0.29, 0.717) is 48.8 Å². The number of nitrogens with zero attached hydrogens (tertiary/aromatic N) is 2. The Kier molecular flexibility index (Phi) is 6.26. The van der Waals surface area contributed by atoms with Crippen LogP contribution < -0.4 is 15.0 Å². The molecule has 1 unspecified atom stereocenters. The van der Waals surface area contributed by atoms with Crippen LogP contribution in [0.15, 0.2) is 23.3 Å². The number of rotatable bonds is 5. The maximum atomic E-state index is 12.5. The Bertz CT molecular complexity index is 921. The third-order valence-electron chi connectivity index (χ3n) is 4.28. The van der Waals surface area contributed by atoms with Crippen molar-refractivity contribution >= 4 is 17.0 Å². The van der Waals surface area contributed by atoms with Crippen molar-refractivity contribution in [2.24, 2.45) is 0 Å². The molecule has 2 heterocycles. The molecule has 1 aromatic carbocycles. The number of hydrogen-bond donors (Lipinski definition) is 1. The van der Waals surface area contributed by atoms with E-state index in [4.69, 9.17) is 18.9 Å². The lowest BCUT2D eigenvalue weighted by molar-refractivity contribution is -0.0417. The summed E-state index contributed by atoms with van der Waals surface area (Å²) in [6.07, 6.45) is 0.922. The molecule has 1 saturated heterocycles. The summed E-state index contributed by atoms with van der Waals surface area (Å²) in [5.41, 5.74) is -0.433. The molecule has 2 aromatic rings. The molecule has 0 aliphatic carbocycles. The van der Waals surface area contributed by atoms with Crippen LogP contribution in [0.5, 0.6) is 11.5 Å². The fraction of sp³-hybridized carbons (Fsp3) is 0.550. The van der Waals surface area contributed by atoms with Crippen LogP contribution in [-0.2, 0) is 9.47 Å². The Hall–Kier alpha value is -2.81. The molecule has 0 saturated carbocycles. The van der Waals surface area contributed by atoms with E-state index >= 15 is 0 Å². The van der Waals surface area contributed by atoms with Crippen molar-refractivity contribution < 1.29 is 23.7 Å². The first-order chi connectivity index (χ1) is 13.8. The highest BCUT2D eigenvalue weighted by atomic mass is 16.6. The minimum Gasteiger partial charge on any atom is -0.494 e. The summed E-state index contributed by atoms with van der Waals surface area (Å²) in [5.74, 6) is 0.895. The van der Waals surface area contributed by atoms with Crippen LogP contribution in [0.1, 0.15) is 27.7 Å². The Morgan fingerprint density at radius 3 is 2.86 bits per heavy atom. The van der Waals surface area contributed by atoms with Gasteiger partial charge in [0.15, 0.2) is 0 Å². The van der Waals surface area contributed by atoms with Crippen LogP contribution in [-0.4, -0.2) is 65.6 Å². The van der Waals surface area contributed by atoms with Gasteiger partial charge in [-0.3, -0.25) is 9.69 Å². The number of aromatic amines is 1. The number of ether oxygens (including phenoxy) is 4. The van der Waals surface area contributed by atoms with Gasteiger partial charge < -0.3 is 23.9 Å². The molecule has 9 nitrogen and oxygen atoms in total. The highest BCUT2D eigenvalue weighted by Crippen LogP contribution is 2.28. The van der Waals surface area contributed by atoms with Gasteiger partial charge in [0.05, 0.1) is 37.7 Å². The zero-order valence-corrected chi connectivity index (χ0v) is 17.2. The largest absolute Gasteiger partial charge is 0.494 e. The molecule has 1 fully saturated rings. The van der Waals surface area contributed by atoms with Gasteiger partial charge in [0.1, 0.15) is 29.1 Å². The summed E-state index contributed by atoms with van der Waals surface area (Å²) in [4.78, 5) is 33.2. The van der Waals surface area contributed by atoms with Gasteiger partial charge in [-0.2, -0.15) is 0 Å². The van der Waals surface area contributed by atoms with Crippen LogP contribution in [0.3, 0.4) is 0 Å². The number of carbonyl (C=O) groups excluding carboxylic acids is 1. The van der Waals surface area contributed by atoms with E-state index in [1.807, 2.05) is 27.7 Å². The number of benzene rings is 1. The highest BCUT2D eigenvalue weighted by Gasteiger charge is 2.31. The molecule has 3 rings (SSSR count). The Morgan fingerprint density at radius 2 is 2.14 bits per heavy atom. The zero-order chi connectivity index (χ0) is 21.0. The Balaban J connectivity index is 1.83. The first-order valence-corrected chi connectivity index (χ1v) is 9.63. The molecule has 0 bridgehead atoms. The minimum absolute atomic E-state index is 0.137. The maximum Gasteiger partial charge on any atom is 0.410 e. The standard InChI is InChI=1S/C20H27N3O6/c1-5-27-14-8-15-17(18(24)22-12-21-15)16(9-14)28-11-13-10-26-7-6-23(13)19(25)29-20(2,3)4/h8-9,12-13H,5-7,10-11H2,1-4H3,(H,21,22,24). The minimum atomic E-state index is -0.595. The molecule has 29 heavy (non-hydrogen) atoms. The number of amides is 1. The molecule has 158 valence electrons. The van der Waals surface area contributed by atoms with Crippen molar-refractivity contribution in [3.63, 3.8) is 0 Å².